The van der Waals surface area contributed by atoms with Crippen molar-refractivity contribution < 1.29 is 13.3 Å². The van der Waals surface area contributed by atoms with E-state index in [9.17, 15) is 18.5 Å². The molecule has 1 aromatic carbocycles. The lowest BCUT2D eigenvalue weighted by atomic mass is 10.2. The van der Waals surface area contributed by atoms with Gasteiger partial charge in [0.25, 0.3) is 5.69 Å². The topological polar surface area (TPSA) is 89.3 Å². The van der Waals surface area contributed by atoms with E-state index in [1.807, 2.05) is 0 Å². The Labute approximate surface area is 115 Å². The summed E-state index contributed by atoms with van der Waals surface area (Å²) in [4.78, 5) is 10.4. The zero-order valence-electron chi connectivity index (χ0n) is 10.3. The second-order valence-electron chi connectivity index (χ2n) is 4.41. The molecule has 2 rings (SSSR count). The molecule has 1 aliphatic heterocycles. The largest absolute Gasteiger partial charge is 0.376 e. The minimum absolute atomic E-state index is 0.0365. The van der Waals surface area contributed by atoms with Crippen LogP contribution in [0, 0.1) is 10.1 Å². The molecule has 0 aliphatic carbocycles. The maximum Gasteiger partial charge on any atom is 0.293 e. The second-order valence-corrected chi connectivity index (χ2v) is 7.58. The number of benzene rings is 1. The third-order valence-electron chi connectivity index (χ3n) is 2.88. The molecular formula is C11H14N2O4S2. The van der Waals surface area contributed by atoms with Gasteiger partial charge < -0.3 is 5.32 Å². The highest BCUT2D eigenvalue weighted by Gasteiger charge is 2.22. The number of thioether (sulfide) groups is 1. The number of rotatable bonds is 4. The highest BCUT2D eigenvalue weighted by Crippen LogP contribution is 2.30. The molecule has 19 heavy (non-hydrogen) atoms. The maximum absolute atomic E-state index is 11.4. The van der Waals surface area contributed by atoms with E-state index in [0.29, 0.717) is 5.69 Å². The van der Waals surface area contributed by atoms with E-state index in [1.54, 1.807) is 11.8 Å². The molecular weight excluding hydrogens is 288 g/mol. The van der Waals surface area contributed by atoms with Crippen molar-refractivity contribution >= 4 is 33.0 Å². The van der Waals surface area contributed by atoms with Gasteiger partial charge in [-0.2, -0.15) is 11.8 Å². The molecule has 1 atom stereocenters. The molecule has 1 saturated heterocycles. The summed E-state index contributed by atoms with van der Waals surface area (Å²) in [6, 6.07) is 4.18. The number of nitrogens with one attached hydrogen (secondary N) is 1. The molecule has 0 spiro atoms. The van der Waals surface area contributed by atoms with Crippen LogP contribution in [-0.4, -0.2) is 37.1 Å². The molecule has 0 saturated carbocycles. The zero-order valence-corrected chi connectivity index (χ0v) is 12.0. The van der Waals surface area contributed by atoms with Crippen molar-refractivity contribution in [2.75, 3.05) is 23.1 Å². The first-order valence-corrected chi connectivity index (χ1v) is 8.75. The van der Waals surface area contributed by atoms with Crippen molar-refractivity contribution in [3.63, 3.8) is 0 Å². The molecule has 1 fully saturated rings. The number of nitrogens with zero attached hydrogens (tertiary/aromatic N) is 1. The molecule has 1 heterocycles. The lowest BCUT2D eigenvalue weighted by molar-refractivity contribution is -0.384. The summed E-state index contributed by atoms with van der Waals surface area (Å²) >= 11 is 1.79. The lowest BCUT2D eigenvalue weighted by Gasteiger charge is -2.13. The molecule has 8 heteroatoms. The second kappa shape index (κ2) is 5.38. The van der Waals surface area contributed by atoms with Crippen LogP contribution in [0.2, 0.25) is 0 Å². The molecule has 104 valence electrons. The van der Waals surface area contributed by atoms with Crippen molar-refractivity contribution in [3.8, 4) is 0 Å². The van der Waals surface area contributed by atoms with Crippen LogP contribution >= 0.6 is 11.8 Å². The lowest BCUT2D eigenvalue weighted by Crippen LogP contribution is -2.19. The molecule has 0 aromatic heterocycles. The summed E-state index contributed by atoms with van der Waals surface area (Å²) in [5, 5.41) is 14.2. The minimum atomic E-state index is -3.44. The number of nitro benzene ring substituents is 1. The Morgan fingerprint density at radius 3 is 2.74 bits per heavy atom. The van der Waals surface area contributed by atoms with Gasteiger partial charge >= 0.3 is 0 Å². The summed E-state index contributed by atoms with van der Waals surface area (Å²) < 4.78 is 22.8. The van der Waals surface area contributed by atoms with Crippen molar-refractivity contribution in [3.05, 3.63) is 28.3 Å². The van der Waals surface area contributed by atoms with Crippen molar-refractivity contribution in [1.82, 2.24) is 0 Å². The van der Waals surface area contributed by atoms with Gasteiger partial charge in [-0.15, -0.1) is 0 Å². The average Bonchev–Trinajstić information content (AvgIpc) is 2.80. The van der Waals surface area contributed by atoms with E-state index in [-0.39, 0.29) is 16.6 Å². The molecule has 1 unspecified atom stereocenters. The van der Waals surface area contributed by atoms with Crippen molar-refractivity contribution in [1.29, 1.82) is 0 Å². The standard InChI is InChI=1S/C11H14N2O4S2/c1-19(16,17)9-2-3-10(11(6-9)13(14)15)12-8-4-5-18-7-8/h2-3,6,8,12H,4-5,7H2,1H3. The number of anilines is 1. The molecule has 0 bridgehead atoms. The Morgan fingerprint density at radius 2 is 2.21 bits per heavy atom. The van der Waals surface area contributed by atoms with Crippen LogP contribution in [0.25, 0.3) is 0 Å². The summed E-state index contributed by atoms with van der Waals surface area (Å²) in [5.74, 6) is 1.94. The first-order chi connectivity index (χ1) is 8.88. The van der Waals surface area contributed by atoms with Gasteiger partial charge in [-0.3, -0.25) is 10.1 Å². The monoisotopic (exact) mass is 302 g/mol. The molecule has 1 aromatic rings. The van der Waals surface area contributed by atoms with E-state index in [1.165, 1.54) is 12.1 Å². The summed E-state index contributed by atoms with van der Waals surface area (Å²) in [7, 11) is -3.44. The third-order valence-corrected chi connectivity index (χ3v) is 5.16. The van der Waals surface area contributed by atoms with E-state index in [2.05, 4.69) is 5.32 Å². The predicted octanol–water partition coefficient (Wildman–Crippen LogP) is 1.92. The van der Waals surface area contributed by atoms with Crippen LogP contribution in [0.3, 0.4) is 0 Å². The van der Waals surface area contributed by atoms with Gasteiger partial charge in [0, 0.05) is 24.1 Å². The smallest absolute Gasteiger partial charge is 0.293 e. The Morgan fingerprint density at radius 1 is 1.47 bits per heavy atom. The van der Waals surface area contributed by atoms with Crippen molar-refractivity contribution in [2.45, 2.75) is 17.4 Å². The van der Waals surface area contributed by atoms with Crippen LogP contribution in [0.15, 0.2) is 23.1 Å². The Balaban J connectivity index is 2.35. The molecule has 0 amide bonds. The highest BCUT2D eigenvalue weighted by molar-refractivity contribution is 7.99. The average molecular weight is 302 g/mol. The summed E-state index contributed by atoms with van der Waals surface area (Å²) in [6.45, 7) is 0. The zero-order chi connectivity index (χ0) is 14.0. The van der Waals surface area contributed by atoms with Gasteiger partial charge in [0.05, 0.1) is 9.82 Å². The Hall–Kier alpha value is -1.28. The van der Waals surface area contributed by atoms with Crippen molar-refractivity contribution in [2.24, 2.45) is 0 Å². The summed E-state index contributed by atoms with van der Waals surface area (Å²) in [6.07, 6.45) is 1.99. The Bertz CT molecular complexity index is 595. The fraction of sp³-hybridized carbons (Fsp3) is 0.455. The molecule has 1 N–H and O–H groups in total. The highest BCUT2D eigenvalue weighted by atomic mass is 32.2. The van der Waals surface area contributed by atoms with Crippen LogP contribution in [0.4, 0.5) is 11.4 Å². The van der Waals surface area contributed by atoms with Gasteiger partial charge in [0.2, 0.25) is 0 Å². The van der Waals surface area contributed by atoms with Gasteiger partial charge in [0.1, 0.15) is 5.69 Å². The van der Waals surface area contributed by atoms with Gasteiger partial charge in [-0.1, -0.05) is 0 Å². The fourth-order valence-electron chi connectivity index (χ4n) is 1.88. The SMILES string of the molecule is CS(=O)(=O)c1ccc(NC2CCSC2)c([N+](=O)[O-])c1. The number of hydrogen-bond acceptors (Lipinski definition) is 6. The van der Waals surface area contributed by atoms with E-state index >= 15 is 0 Å². The van der Waals surface area contributed by atoms with Gasteiger partial charge in [-0.05, 0) is 24.3 Å². The van der Waals surface area contributed by atoms with Crippen LogP contribution in [-0.2, 0) is 9.84 Å². The number of nitro groups is 1. The first-order valence-electron chi connectivity index (χ1n) is 5.71. The van der Waals surface area contributed by atoms with Crippen LogP contribution < -0.4 is 5.32 Å². The minimum Gasteiger partial charge on any atom is -0.376 e. The summed E-state index contributed by atoms with van der Waals surface area (Å²) in [5.41, 5.74) is 0.185. The van der Waals surface area contributed by atoms with E-state index in [0.717, 1.165) is 30.2 Å². The Kier molecular flexibility index (Phi) is 4.00. The predicted molar refractivity (Wildman–Crippen MR) is 75.6 cm³/mol. The van der Waals surface area contributed by atoms with Crippen LogP contribution in [0.1, 0.15) is 6.42 Å². The van der Waals surface area contributed by atoms with E-state index < -0.39 is 14.8 Å². The van der Waals surface area contributed by atoms with Gasteiger partial charge in [-0.25, -0.2) is 8.42 Å². The molecule has 0 radical (unpaired) electrons. The first kappa shape index (κ1) is 14.1. The molecule has 1 aliphatic rings. The molecule has 6 nitrogen and oxygen atoms in total. The quantitative estimate of drug-likeness (QED) is 0.675. The van der Waals surface area contributed by atoms with E-state index in [4.69, 9.17) is 0 Å². The number of sulfone groups is 1. The fourth-order valence-corrected chi connectivity index (χ4v) is 3.68. The van der Waals surface area contributed by atoms with Crippen LogP contribution in [0.5, 0.6) is 0 Å². The third kappa shape index (κ3) is 3.38. The number of hydrogen-bond donors (Lipinski definition) is 1. The van der Waals surface area contributed by atoms with Gasteiger partial charge in [0.15, 0.2) is 9.84 Å². The maximum atomic E-state index is 11.4. The normalized spacial score (nSPS) is 19.3.